The lowest BCUT2D eigenvalue weighted by molar-refractivity contribution is 0.130. The molecule has 0 aliphatic heterocycles. The fourth-order valence-corrected chi connectivity index (χ4v) is 3.50. The van der Waals surface area contributed by atoms with Gasteiger partial charge in [-0.15, -0.1) is 0 Å². The zero-order chi connectivity index (χ0) is 22.2. The molecule has 0 aliphatic carbocycles. The zero-order valence-corrected chi connectivity index (χ0v) is 17.5. The van der Waals surface area contributed by atoms with Crippen LogP contribution in [0.2, 0.25) is 0 Å². The summed E-state index contributed by atoms with van der Waals surface area (Å²) < 4.78 is 12.3. The minimum Gasteiger partial charge on any atom is -0.489 e. The number of para-hydroxylation sites is 3. The standard InChI is InChI=1S/C27H24N2O3/c28-27(30)29-26-23(20-11-4-1-5-12-20)17-10-18-24(26)25(32-22-15-8-3-9-16-22)19-31-21-13-6-2-7-14-21/h1-18,25H,19H2,(H3,28,29,30). The molecule has 160 valence electrons. The van der Waals surface area contributed by atoms with Gasteiger partial charge in [0.1, 0.15) is 18.1 Å². The van der Waals surface area contributed by atoms with Crippen LogP contribution in [-0.4, -0.2) is 12.6 Å². The molecule has 0 heterocycles. The highest BCUT2D eigenvalue weighted by molar-refractivity contribution is 5.95. The minimum atomic E-state index is -0.642. The second kappa shape index (κ2) is 10.2. The Labute approximate surface area is 187 Å². The summed E-state index contributed by atoms with van der Waals surface area (Å²) in [5.41, 5.74) is 8.71. The second-order valence-electron chi connectivity index (χ2n) is 7.17. The number of nitrogens with one attached hydrogen (secondary N) is 1. The molecule has 4 rings (SSSR count). The molecule has 5 nitrogen and oxygen atoms in total. The molecule has 0 aromatic heterocycles. The molecule has 4 aromatic carbocycles. The van der Waals surface area contributed by atoms with E-state index in [1.54, 1.807) is 0 Å². The number of nitrogens with two attached hydrogens (primary N) is 1. The molecule has 0 radical (unpaired) electrons. The third-order valence-corrected chi connectivity index (χ3v) is 4.94. The van der Waals surface area contributed by atoms with Gasteiger partial charge >= 0.3 is 6.03 Å². The van der Waals surface area contributed by atoms with E-state index in [-0.39, 0.29) is 6.61 Å². The van der Waals surface area contributed by atoms with Gasteiger partial charge in [0.25, 0.3) is 0 Å². The number of ether oxygens (including phenoxy) is 2. The number of benzene rings is 4. The Hall–Kier alpha value is -4.25. The largest absolute Gasteiger partial charge is 0.489 e. The average molecular weight is 425 g/mol. The molecule has 2 amide bonds. The van der Waals surface area contributed by atoms with Crippen LogP contribution in [0.1, 0.15) is 11.7 Å². The zero-order valence-electron chi connectivity index (χ0n) is 17.5. The van der Waals surface area contributed by atoms with Crippen LogP contribution in [-0.2, 0) is 0 Å². The maximum atomic E-state index is 11.9. The Morgan fingerprint density at radius 1 is 0.750 bits per heavy atom. The number of urea groups is 1. The molecule has 0 bridgehead atoms. The van der Waals surface area contributed by atoms with E-state index in [1.807, 2.05) is 109 Å². The Kier molecular flexibility index (Phi) is 6.68. The molecule has 3 N–H and O–H groups in total. The van der Waals surface area contributed by atoms with Gasteiger partial charge in [-0.05, 0) is 29.8 Å². The van der Waals surface area contributed by atoms with E-state index in [4.69, 9.17) is 15.2 Å². The maximum Gasteiger partial charge on any atom is 0.316 e. The number of hydrogen-bond donors (Lipinski definition) is 2. The Bertz CT molecular complexity index is 1150. The summed E-state index contributed by atoms with van der Waals surface area (Å²) in [5.74, 6) is 1.43. The van der Waals surface area contributed by atoms with Crippen LogP contribution < -0.4 is 20.5 Å². The lowest BCUT2D eigenvalue weighted by Crippen LogP contribution is -2.24. The van der Waals surface area contributed by atoms with Crippen LogP contribution in [0.4, 0.5) is 10.5 Å². The predicted octanol–water partition coefficient (Wildman–Crippen LogP) is 6.04. The predicted molar refractivity (Wildman–Crippen MR) is 127 cm³/mol. The van der Waals surface area contributed by atoms with Gasteiger partial charge in [-0.3, -0.25) is 0 Å². The Balaban J connectivity index is 1.75. The van der Waals surface area contributed by atoms with Crippen molar-refractivity contribution in [2.24, 2.45) is 5.73 Å². The molecule has 0 aliphatic rings. The number of carbonyl (C=O) groups excluding carboxylic acids is 1. The molecule has 5 heteroatoms. The first-order chi connectivity index (χ1) is 15.7. The van der Waals surface area contributed by atoms with Crippen molar-refractivity contribution in [3.05, 3.63) is 115 Å². The molecule has 1 unspecified atom stereocenters. The van der Waals surface area contributed by atoms with Crippen molar-refractivity contribution >= 4 is 11.7 Å². The van der Waals surface area contributed by atoms with Crippen molar-refractivity contribution in [1.29, 1.82) is 0 Å². The first-order valence-electron chi connectivity index (χ1n) is 10.3. The van der Waals surface area contributed by atoms with Crippen molar-refractivity contribution < 1.29 is 14.3 Å². The van der Waals surface area contributed by atoms with E-state index in [2.05, 4.69) is 5.32 Å². The molecule has 4 aromatic rings. The Morgan fingerprint density at radius 2 is 1.34 bits per heavy atom. The van der Waals surface area contributed by atoms with E-state index >= 15 is 0 Å². The quantitative estimate of drug-likeness (QED) is 0.362. The number of hydrogen-bond acceptors (Lipinski definition) is 3. The van der Waals surface area contributed by atoms with Gasteiger partial charge < -0.3 is 20.5 Å². The average Bonchev–Trinajstić information content (AvgIpc) is 2.83. The first-order valence-corrected chi connectivity index (χ1v) is 10.3. The lowest BCUT2D eigenvalue weighted by Gasteiger charge is -2.24. The van der Waals surface area contributed by atoms with Gasteiger partial charge in [0.05, 0.1) is 5.69 Å². The number of carbonyl (C=O) groups is 1. The third-order valence-electron chi connectivity index (χ3n) is 4.94. The summed E-state index contributed by atoms with van der Waals surface area (Å²) >= 11 is 0. The van der Waals surface area contributed by atoms with E-state index in [1.165, 1.54) is 0 Å². The fourth-order valence-electron chi connectivity index (χ4n) is 3.50. The summed E-state index contributed by atoms with van der Waals surface area (Å²) in [6.45, 7) is 0.241. The summed E-state index contributed by atoms with van der Waals surface area (Å²) in [7, 11) is 0. The smallest absolute Gasteiger partial charge is 0.316 e. The monoisotopic (exact) mass is 424 g/mol. The number of primary amides is 1. The minimum absolute atomic E-state index is 0.241. The lowest BCUT2D eigenvalue weighted by atomic mass is 9.97. The van der Waals surface area contributed by atoms with Gasteiger partial charge in [-0.1, -0.05) is 84.9 Å². The number of anilines is 1. The van der Waals surface area contributed by atoms with Gasteiger partial charge in [0, 0.05) is 11.1 Å². The van der Waals surface area contributed by atoms with Crippen LogP contribution in [0, 0.1) is 0 Å². The first kappa shape index (κ1) is 21.0. The molecule has 0 saturated heterocycles. The molecule has 0 saturated carbocycles. The van der Waals surface area contributed by atoms with Gasteiger partial charge in [0.2, 0.25) is 0 Å². The number of rotatable bonds is 8. The van der Waals surface area contributed by atoms with Crippen LogP contribution in [0.15, 0.2) is 109 Å². The Morgan fingerprint density at radius 3 is 1.97 bits per heavy atom. The summed E-state index contributed by atoms with van der Waals surface area (Å²) in [6, 6.07) is 34.0. The third kappa shape index (κ3) is 5.26. The molecular formula is C27H24N2O3. The van der Waals surface area contributed by atoms with Crippen molar-refractivity contribution in [1.82, 2.24) is 0 Å². The highest BCUT2D eigenvalue weighted by Gasteiger charge is 2.22. The molecule has 1 atom stereocenters. The van der Waals surface area contributed by atoms with Crippen LogP contribution in [0.25, 0.3) is 11.1 Å². The van der Waals surface area contributed by atoms with Gasteiger partial charge in [-0.2, -0.15) is 0 Å². The van der Waals surface area contributed by atoms with E-state index in [9.17, 15) is 4.79 Å². The molecular weight excluding hydrogens is 400 g/mol. The van der Waals surface area contributed by atoms with Crippen molar-refractivity contribution in [3.63, 3.8) is 0 Å². The summed E-state index contributed by atoms with van der Waals surface area (Å²) in [5, 5.41) is 2.81. The molecule has 0 spiro atoms. The second-order valence-corrected chi connectivity index (χ2v) is 7.17. The van der Waals surface area contributed by atoms with Crippen LogP contribution >= 0.6 is 0 Å². The number of amides is 2. The van der Waals surface area contributed by atoms with E-state index < -0.39 is 12.1 Å². The van der Waals surface area contributed by atoms with Crippen LogP contribution in [0.3, 0.4) is 0 Å². The SMILES string of the molecule is NC(=O)Nc1c(-c2ccccc2)cccc1C(COc1ccccc1)Oc1ccccc1. The van der Waals surface area contributed by atoms with Crippen molar-refractivity contribution in [3.8, 4) is 22.6 Å². The molecule has 0 fully saturated rings. The summed E-state index contributed by atoms with van der Waals surface area (Å²) in [6.07, 6.45) is -0.497. The van der Waals surface area contributed by atoms with Gasteiger partial charge in [-0.25, -0.2) is 4.79 Å². The maximum absolute atomic E-state index is 11.9. The van der Waals surface area contributed by atoms with Gasteiger partial charge in [0.15, 0.2) is 6.10 Å². The van der Waals surface area contributed by atoms with E-state index in [0.29, 0.717) is 11.4 Å². The topological polar surface area (TPSA) is 73.6 Å². The highest BCUT2D eigenvalue weighted by Crippen LogP contribution is 2.36. The highest BCUT2D eigenvalue weighted by atomic mass is 16.5. The molecule has 32 heavy (non-hydrogen) atoms. The van der Waals surface area contributed by atoms with Crippen molar-refractivity contribution in [2.75, 3.05) is 11.9 Å². The fraction of sp³-hybridized carbons (Fsp3) is 0.0741. The normalized spacial score (nSPS) is 11.4. The van der Waals surface area contributed by atoms with Crippen molar-refractivity contribution in [2.45, 2.75) is 6.10 Å². The van der Waals surface area contributed by atoms with E-state index in [0.717, 1.165) is 22.4 Å². The van der Waals surface area contributed by atoms with Crippen LogP contribution in [0.5, 0.6) is 11.5 Å². The summed E-state index contributed by atoms with van der Waals surface area (Å²) in [4.78, 5) is 11.9.